The van der Waals surface area contributed by atoms with Crippen LogP contribution in [0.4, 0.5) is 0 Å². The topological polar surface area (TPSA) is 26.3 Å². The lowest BCUT2D eigenvalue weighted by Gasteiger charge is -2.37. The summed E-state index contributed by atoms with van der Waals surface area (Å²) in [6.07, 6.45) is 12.3. The van der Waals surface area contributed by atoms with Gasteiger partial charge in [0.25, 0.3) is 0 Å². The van der Waals surface area contributed by atoms with E-state index in [4.69, 9.17) is 4.74 Å². The normalized spacial score (nSPS) is 26.3. The Morgan fingerprint density at radius 2 is 2.05 bits per heavy atom. The first kappa shape index (κ1) is 15.6. The molecule has 2 aliphatic rings. The van der Waals surface area contributed by atoms with Crippen LogP contribution in [0.25, 0.3) is 0 Å². The maximum Gasteiger partial charge on any atom is 0.306 e. The van der Waals surface area contributed by atoms with Crippen LogP contribution in [0.1, 0.15) is 78.1 Å². The number of carbonyl (C=O) groups excluding carboxylic acids is 1. The fraction of sp³-hybridized carbons (Fsp3) is 0.833. The number of fused-ring (bicyclic) bond motifs is 1. The monoisotopic (exact) mass is 278 g/mol. The SMILES string of the molecule is CCCCC1=C2CCCC[C@H]2CC[C@@H]1CC(=O)OCC. The van der Waals surface area contributed by atoms with E-state index >= 15 is 0 Å². The van der Waals surface area contributed by atoms with E-state index < -0.39 is 0 Å². The molecule has 0 aromatic rings. The van der Waals surface area contributed by atoms with Crippen molar-refractivity contribution in [2.75, 3.05) is 6.61 Å². The van der Waals surface area contributed by atoms with E-state index in [1.165, 1.54) is 57.8 Å². The molecule has 0 heterocycles. The number of ether oxygens (including phenoxy) is 1. The third-order valence-corrected chi connectivity index (χ3v) is 5.03. The van der Waals surface area contributed by atoms with E-state index in [9.17, 15) is 4.79 Å². The van der Waals surface area contributed by atoms with Crippen molar-refractivity contribution >= 4 is 5.97 Å². The molecular formula is C18H30O2. The summed E-state index contributed by atoms with van der Waals surface area (Å²) in [4.78, 5) is 11.8. The van der Waals surface area contributed by atoms with Crippen molar-refractivity contribution < 1.29 is 9.53 Å². The fourth-order valence-electron chi connectivity index (χ4n) is 4.04. The Hall–Kier alpha value is -0.790. The largest absolute Gasteiger partial charge is 0.466 e. The van der Waals surface area contributed by atoms with Crippen molar-refractivity contribution in [2.24, 2.45) is 11.8 Å². The second kappa shape index (κ2) is 7.85. The Bertz CT molecular complexity index is 356. The number of allylic oxidation sites excluding steroid dienone is 2. The predicted molar refractivity (Wildman–Crippen MR) is 82.5 cm³/mol. The van der Waals surface area contributed by atoms with Crippen molar-refractivity contribution in [1.29, 1.82) is 0 Å². The van der Waals surface area contributed by atoms with E-state index in [0.717, 1.165) is 5.92 Å². The predicted octanol–water partition coefficient (Wildman–Crippen LogP) is 5.03. The first-order valence-corrected chi connectivity index (χ1v) is 8.63. The van der Waals surface area contributed by atoms with Crippen molar-refractivity contribution in [1.82, 2.24) is 0 Å². The summed E-state index contributed by atoms with van der Waals surface area (Å²) in [7, 11) is 0. The van der Waals surface area contributed by atoms with Gasteiger partial charge in [-0.3, -0.25) is 4.79 Å². The molecule has 2 atom stereocenters. The van der Waals surface area contributed by atoms with E-state index in [-0.39, 0.29) is 5.97 Å². The summed E-state index contributed by atoms with van der Waals surface area (Å²) < 4.78 is 5.17. The Kier molecular flexibility index (Phi) is 6.12. The van der Waals surface area contributed by atoms with Gasteiger partial charge in [-0.2, -0.15) is 0 Å². The molecule has 0 amide bonds. The third kappa shape index (κ3) is 3.86. The first-order valence-electron chi connectivity index (χ1n) is 8.63. The summed E-state index contributed by atoms with van der Waals surface area (Å²) in [5.41, 5.74) is 3.39. The summed E-state index contributed by atoms with van der Waals surface area (Å²) >= 11 is 0. The number of esters is 1. The third-order valence-electron chi connectivity index (χ3n) is 5.03. The average molecular weight is 278 g/mol. The molecule has 0 aromatic heterocycles. The van der Waals surface area contributed by atoms with Gasteiger partial charge in [0.2, 0.25) is 0 Å². The van der Waals surface area contributed by atoms with E-state index in [2.05, 4.69) is 6.92 Å². The molecule has 2 heteroatoms. The van der Waals surface area contributed by atoms with Gasteiger partial charge in [-0.1, -0.05) is 30.9 Å². The molecule has 0 bridgehead atoms. The maximum absolute atomic E-state index is 11.8. The van der Waals surface area contributed by atoms with Gasteiger partial charge in [-0.15, -0.1) is 0 Å². The Morgan fingerprint density at radius 3 is 2.80 bits per heavy atom. The summed E-state index contributed by atoms with van der Waals surface area (Å²) in [6.45, 7) is 4.66. The van der Waals surface area contributed by atoms with Crippen molar-refractivity contribution in [3.05, 3.63) is 11.1 Å². The smallest absolute Gasteiger partial charge is 0.306 e. The minimum Gasteiger partial charge on any atom is -0.466 e. The lowest BCUT2D eigenvalue weighted by Crippen LogP contribution is -2.25. The number of hydrogen-bond acceptors (Lipinski definition) is 2. The maximum atomic E-state index is 11.8. The van der Waals surface area contributed by atoms with Crippen LogP contribution in [0.3, 0.4) is 0 Å². The number of rotatable bonds is 6. The molecule has 0 radical (unpaired) electrons. The molecule has 0 aliphatic heterocycles. The molecule has 2 nitrogen and oxygen atoms in total. The Morgan fingerprint density at radius 1 is 1.20 bits per heavy atom. The molecule has 0 N–H and O–H groups in total. The quantitative estimate of drug-likeness (QED) is 0.503. The minimum atomic E-state index is 0.00126. The first-order chi connectivity index (χ1) is 9.76. The second-order valence-electron chi connectivity index (χ2n) is 6.38. The highest BCUT2D eigenvalue weighted by Crippen LogP contribution is 2.45. The van der Waals surface area contributed by atoms with Crippen LogP contribution >= 0.6 is 0 Å². The molecule has 2 aliphatic carbocycles. The van der Waals surface area contributed by atoms with Gasteiger partial charge in [0.05, 0.1) is 13.0 Å². The zero-order chi connectivity index (χ0) is 14.4. The molecule has 0 aromatic carbocycles. The van der Waals surface area contributed by atoms with Crippen molar-refractivity contribution in [2.45, 2.75) is 78.1 Å². The summed E-state index contributed by atoms with van der Waals surface area (Å²) in [6, 6.07) is 0. The van der Waals surface area contributed by atoms with Gasteiger partial charge in [-0.05, 0) is 63.7 Å². The molecule has 1 fully saturated rings. The highest BCUT2D eigenvalue weighted by Gasteiger charge is 2.31. The van der Waals surface area contributed by atoms with Crippen LogP contribution in [-0.2, 0) is 9.53 Å². The van der Waals surface area contributed by atoms with Gasteiger partial charge in [0.1, 0.15) is 0 Å². The lowest BCUT2D eigenvalue weighted by atomic mass is 9.69. The molecule has 2 rings (SSSR count). The molecular weight excluding hydrogens is 248 g/mol. The van der Waals surface area contributed by atoms with Crippen LogP contribution in [0.5, 0.6) is 0 Å². The van der Waals surface area contributed by atoms with Crippen LogP contribution in [0, 0.1) is 11.8 Å². The number of hydrogen-bond donors (Lipinski definition) is 0. The number of unbranched alkanes of at least 4 members (excludes halogenated alkanes) is 1. The molecule has 114 valence electrons. The molecule has 0 spiro atoms. The molecule has 1 saturated carbocycles. The highest BCUT2D eigenvalue weighted by atomic mass is 16.5. The number of carbonyl (C=O) groups is 1. The van der Waals surface area contributed by atoms with Crippen molar-refractivity contribution in [3.63, 3.8) is 0 Å². The minimum absolute atomic E-state index is 0.00126. The molecule has 0 unspecified atom stereocenters. The van der Waals surface area contributed by atoms with Crippen LogP contribution < -0.4 is 0 Å². The van der Waals surface area contributed by atoms with Crippen LogP contribution in [0.2, 0.25) is 0 Å². The Labute approximate surface area is 124 Å². The molecule has 20 heavy (non-hydrogen) atoms. The fourth-order valence-corrected chi connectivity index (χ4v) is 4.04. The summed E-state index contributed by atoms with van der Waals surface area (Å²) in [5.74, 6) is 1.32. The summed E-state index contributed by atoms with van der Waals surface area (Å²) in [5, 5.41) is 0. The van der Waals surface area contributed by atoms with Crippen LogP contribution in [-0.4, -0.2) is 12.6 Å². The van der Waals surface area contributed by atoms with Crippen LogP contribution in [0.15, 0.2) is 11.1 Å². The Balaban J connectivity index is 2.11. The van der Waals surface area contributed by atoms with E-state index in [0.29, 0.717) is 18.9 Å². The van der Waals surface area contributed by atoms with Gasteiger partial charge >= 0.3 is 5.97 Å². The zero-order valence-electron chi connectivity index (χ0n) is 13.2. The van der Waals surface area contributed by atoms with Crippen molar-refractivity contribution in [3.8, 4) is 0 Å². The standard InChI is InChI=1S/C18H30O2/c1-3-5-9-17-15(13-18(19)20-4-2)12-11-14-8-6-7-10-16(14)17/h14-15H,3-13H2,1-2H3/t14-,15+/m0/s1. The lowest BCUT2D eigenvalue weighted by molar-refractivity contribution is -0.144. The second-order valence-corrected chi connectivity index (χ2v) is 6.38. The van der Waals surface area contributed by atoms with Gasteiger partial charge in [0, 0.05) is 0 Å². The van der Waals surface area contributed by atoms with E-state index in [1.807, 2.05) is 6.92 Å². The van der Waals surface area contributed by atoms with E-state index in [1.54, 1.807) is 11.1 Å². The molecule has 0 saturated heterocycles. The highest BCUT2D eigenvalue weighted by molar-refractivity contribution is 5.70. The van der Waals surface area contributed by atoms with Gasteiger partial charge in [-0.25, -0.2) is 0 Å². The zero-order valence-corrected chi connectivity index (χ0v) is 13.2. The van der Waals surface area contributed by atoms with Gasteiger partial charge < -0.3 is 4.74 Å². The average Bonchev–Trinajstić information content (AvgIpc) is 2.46. The van der Waals surface area contributed by atoms with Gasteiger partial charge in [0.15, 0.2) is 0 Å².